The number of rotatable bonds is 7. The summed E-state index contributed by atoms with van der Waals surface area (Å²) >= 11 is 0. The maximum Gasteiger partial charge on any atom is 0.388 e. The number of alkyl halides is 2. The van der Waals surface area contributed by atoms with E-state index in [-0.39, 0.29) is 23.5 Å². The van der Waals surface area contributed by atoms with Crippen molar-refractivity contribution in [2.45, 2.75) is 58.5 Å². The molecule has 4 nitrogen and oxygen atoms in total. The number of nitrogens with zero attached hydrogens (tertiary/aromatic N) is 1. The van der Waals surface area contributed by atoms with Crippen LogP contribution >= 0.6 is 0 Å². The molecule has 1 heterocycles. The van der Waals surface area contributed by atoms with Gasteiger partial charge in [-0.2, -0.15) is 8.78 Å². The van der Waals surface area contributed by atoms with Crippen LogP contribution in [0.2, 0.25) is 0 Å². The van der Waals surface area contributed by atoms with Crippen molar-refractivity contribution in [2.75, 3.05) is 0 Å². The Bertz CT molecular complexity index is 485. The Hall–Kier alpha value is -1.72. The van der Waals surface area contributed by atoms with Crippen LogP contribution < -0.4 is 9.47 Å². The number of esters is 1. The number of unbranched alkanes of at least 4 members (excludes halogenated alkanes) is 1. The first kappa shape index (κ1) is 17.6. The summed E-state index contributed by atoms with van der Waals surface area (Å²) in [6.07, 6.45) is 8.77. The highest BCUT2D eigenvalue weighted by atomic mass is 19.3. The first-order valence-corrected chi connectivity index (χ1v) is 8.21. The Morgan fingerprint density at radius 3 is 2.61 bits per heavy atom. The molecule has 0 spiro atoms. The van der Waals surface area contributed by atoms with E-state index in [1.54, 1.807) is 0 Å². The van der Waals surface area contributed by atoms with Crippen LogP contribution in [0.25, 0.3) is 0 Å². The van der Waals surface area contributed by atoms with Gasteiger partial charge in [0.05, 0.1) is 12.1 Å². The van der Waals surface area contributed by atoms with Crippen LogP contribution in [-0.2, 0) is 4.79 Å². The molecule has 1 fully saturated rings. The molecule has 0 N–H and O–H groups in total. The lowest BCUT2D eigenvalue weighted by molar-refractivity contribution is -0.140. The number of carbonyl (C=O) groups is 1. The summed E-state index contributed by atoms with van der Waals surface area (Å²) in [5.74, 6) is 0.445. The van der Waals surface area contributed by atoms with E-state index in [9.17, 15) is 13.6 Å². The fourth-order valence-electron chi connectivity index (χ4n) is 2.97. The number of aromatic nitrogens is 1. The monoisotopic (exact) mass is 327 g/mol. The maximum atomic E-state index is 12.1. The Morgan fingerprint density at radius 1 is 1.30 bits per heavy atom. The van der Waals surface area contributed by atoms with Crippen LogP contribution in [0.15, 0.2) is 18.3 Å². The van der Waals surface area contributed by atoms with Crippen molar-refractivity contribution in [3.05, 3.63) is 18.3 Å². The van der Waals surface area contributed by atoms with Crippen molar-refractivity contribution < 1.29 is 23.0 Å². The molecule has 128 valence electrons. The highest BCUT2D eigenvalue weighted by Gasteiger charge is 2.27. The minimum absolute atomic E-state index is 0.0788. The van der Waals surface area contributed by atoms with Gasteiger partial charge in [-0.1, -0.05) is 26.2 Å². The summed E-state index contributed by atoms with van der Waals surface area (Å²) < 4.78 is 33.5. The average molecular weight is 327 g/mol. The molecule has 0 radical (unpaired) electrons. The van der Waals surface area contributed by atoms with Gasteiger partial charge in [-0.15, -0.1) is 0 Å². The minimum atomic E-state index is -2.92. The summed E-state index contributed by atoms with van der Waals surface area (Å²) in [6, 6.07) is 2.67. The lowest BCUT2D eigenvalue weighted by atomic mass is 9.80. The molecule has 0 bridgehead atoms. The van der Waals surface area contributed by atoms with Crippen molar-refractivity contribution in [1.82, 2.24) is 4.98 Å². The summed E-state index contributed by atoms with van der Waals surface area (Å²) in [6.45, 7) is -0.729. The first-order valence-electron chi connectivity index (χ1n) is 8.21. The number of carbonyl (C=O) groups excluding carboxylic acids is 1. The zero-order valence-electron chi connectivity index (χ0n) is 13.3. The number of pyridine rings is 1. The van der Waals surface area contributed by atoms with Gasteiger partial charge in [0.2, 0.25) is 5.88 Å². The molecule has 0 amide bonds. The van der Waals surface area contributed by atoms with E-state index >= 15 is 0 Å². The minimum Gasteiger partial charge on any atom is -0.425 e. The van der Waals surface area contributed by atoms with Crippen LogP contribution in [-0.4, -0.2) is 17.6 Å². The SMILES string of the molecule is CCCC[C@H]1CC[C@H](C(=O)Oc2ccc(OC(F)F)nc2)CC1. The van der Waals surface area contributed by atoms with E-state index in [4.69, 9.17) is 4.74 Å². The van der Waals surface area contributed by atoms with E-state index in [2.05, 4.69) is 16.6 Å². The van der Waals surface area contributed by atoms with Gasteiger partial charge < -0.3 is 9.47 Å². The molecular formula is C17H23F2NO3. The maximum absolute atomic E-state index is 12.1. The lowest BCUT2D eigenvalue weighted by Crippen LogP contribution is -2.25. The lowest BCUT2D eigenvalue weighted by Gasteiger charge is -2.27. The number of halogens is 2. The second kappa shape index (κ2) is 8.79. The predicted octanol–water partition coefficient (Wildman–Crippen LogP) is 4.59. The van der Waals surface area contributed by atoms with Crippen LogP contribution in [0.3, 0.4) is 0 Å². The van der Waals surface area contributed by atoms with Gasteiger partial charge in [-0.05, 0) is 37.7 Å². The van der Waals surface area contributed by atoms with Crippen LogP contribution in [0.4, 0.5) is 8.78 Å². The van der Waals surface area contributed by atoms with E-state index in [0.717, 1.165) is 31.6 Å². The van der Waals surface area contributed by atoms with Gasteiger partial charge in [0.1, 0.15) is 5.75 Å². The van der Waals surface area contributed by atoms with Crippen LogP contribution in [0.5, 0.6) is 11.6 Å². The van der Waals surface area contributed by atoms with Crippen molar-refractivity contribution in [1.29, 1.82) is 0 Å². The molecular weight excluding hydrogens is 304 g/mol. The Labute approximate surface area is 135 Å². The first-order chi connectivity index (χ1) is 11.1. The van der Waals surface area contributed by atoms with E-state index in [0.29, 0.717) is 0 Å². The Morgan fingerprint density at radius 2 is 2.04 bits per heavy atom. The Kier molecular flexibility index (Phi) is 6.74. The third-order valence-electron chi connectivity index (χ3n) is 4.28. The van der Waals surface area contributed by atoms with Crippen molar-refractivity contribution in [3.63, 3.8) is 0 Å². The second-order valence-electron chi connectivity index (χ2n) is 5.99. The van der Waals surface area contributed by atoms with Crippen molar-refractivity contribution in [2.24, 2.45) is 11.8 Å². The van der Waals surface area contributed by atoms with Gasteiger partial charge in [0.15, 0.2) is 0 Å². The zero-order valence-corrected chi connectivity index (χ0v) is 13.3. The van der Waals surface area contributed by atoms with Crippen LogP contribution in [0, 0.1) is 11.8 Å². The predicted molar refractivity (Wildman–Crippen MR) is 81.5 cm³/mol. The van der Waals surface area contributed by atoms with Crippen LogP contribution in [0.1, 0.15) is 51.9 Å². The molecule has 1 aromatic rings. The van der Waals surface area contributed by atoms with E-state index < -0.39 is 6.61 Å². The largest absolute Gasteiger partial charge is 0.425 e. The van der Waals surface area contributed by atoms with Gasteiger partial charge in [0.25, 0.3) is 0 Å². The quantitative estimate of drug-likeness (QED) is 0.688. The molecule has 0 atom stereocenters. The van der Waals surface area contributed by atoms with Gasteiger partial charge in [0, 0.05) is 6.07 Å². The van der Waals surface area contributed by atoms with Crippen molar-refractivity contribution >= 4 is 5.97 Å². The van der Waals surface area contributed by atoms with E-state index in [1.807, 2.05) is 0 Å². The summed E-state index contributed by atoms with van der Waals surface area (Å²) in [7, 11) is 0. The van der Waals surface area contributed by atoms with Gasteiger partial charge in [-0.25, -0.2) is 4.98 Å². The highest BCUT2D eigenvalue weighted by Crippen LogP contribution is 2.32. The molecule has 1 aromatic heterocycles. The number of hydrogen-bond acceptors (Lipinski definition) is 4. The Balaban J connectivity index is 1.78. The summed E-state index contributed by atoms with van der Waals surface area (Å²) in [5, 5.41) is 0. The van der Waals surface area contributed by atoms with Gasteiger partial charge in [-0.3, -0.25) is 4.79 Å². The summed E-state index contributed by atoms with van der Waals surface area (Å²) in [4.78, 5) is 15.8. The number of hydrogen-bond donors (Lipinski definition) is 0. The topological polar surface area (TPSA) is 48.4 Å². The fourth-order valence-corrected chi connectivity index (χ4v) is 2.97. The molecule has 0 unspecified atom stereocenters. The normalized spacial score (nSPS) is 21.2. The standard InChI is InChI=1S/C17H23F2NO3/c1-2-3-4-12-5-7-13(8-6-12)16(21)22-14-9-10-15(20-11-14)23-17(18)19/h9-13,17H,2-8H2,1H3/t12-,13-. The smallest absolute Gasteiger partial charge is 0.388 e. The number of ether oxygens (including phenoxy) is 2. The molecule has 1 aliphatic rings. The molecule has 2 rings (SSSR count). The molecule has 0 aromatic carbocycles. The fraction of sp³-hybridized carbons (Fsp3) is 0.647. The second-order valence-corrected chi connectivity index (χ2v) is 5.99. The average Bonchev–Trinajstić information content (AvgIpc) is 2.54. The van der Waals surface area contributed by atoms with E-state index in [1.165, 1.54) is 37.6 Å². The highest BCUT2D eigenvalue weighted by molar-refractivity contribution is 5.75. The molecule has 1 aliphatic carbocycles. The van der Waals surface area contributed by atoms with Crippen molar-refractivity contribution in [3.8, 4) is 11.6 Å². The summed E-state index contributed by atoms with van der Waals surface area (Å²) in [5.41, 5.74) is 0. The third kappa shape index (κ3) is 5.77. The zero-order chi connectivity index (χ0) is 16.7. The van der Waals surface area contributed by atoms with Gasteiger partial charge >= 0.3 is 12.6 Å². The molecule has 6 heteroatoms. The molecule has 1 saturated carbocycles. The molecule has 23 heavy (non-hydrogen) atoms. The molecule has 0 saturated heterocycles. The third-order valence-corrected chi connectivity index (χ3v) is 4.28. The molecule has 0 aliphatic heterocycles.